The van der Waals surface area contributed by atoms with Crippen molar-refractivity contribution in [3.8, 4) is 0 Å². The van der Waals surface area contributed by atoms with Crippen LogP contribution < -0.4 is 10.6 Å². The summed E-state index contributed by atoms with van der Waals surface area (Å²) in [4.78, 5) is 12.1. The van der Waals surface area contributed by atoms with E-state index in [0.29, 0.717) is 0 Å². The van der Waals surface area contributed by atoms with Crippen LogP contribution in [-0.4, -0.2) is 24.5 Å². The number of carbonyl (C=O) groups excluding carboxylic acids is 1. The number of alkyl halides is 3. The van der Waals surface area contributed by atoms with Crippen LogP contribution in [-0.2, 0) is 6.18 Å². The van der Waals surface area contributed by atoms with Gasteiger partial charge in [0.1, 0.15) is 0 Å². The molecule has 110 valence electrons. The predicted molar refractivity (Wildman–Crippen MR) is 69.4 cm³/mol. The number of hydrogen-bond donors (Lipinski definition) is 2. The Bertz CT molecular complexity index is 488. The molecule has 0 radical (unpaired) electrons. The Morgan fingerprint density at radius 3 is 2.70 bits per heavy atom. The van der Waals surface area contributed by atoms with Crippen LogP contribution in [0.15, 0.2) is 24.3 Å². The maximum Gasteiger partial charge on any atom is 0.417 e. The summed E-state index contributed by atoms with van der Waals surface area (Å²) in [6.45, 7) is 2.75. The molecule has 1 aliphatic heterocycles. The van der Waals surface area contributed by atoms with Crippen LogP contribution in [0.1, 0.15) is 35.7 Å². The van der Waals surface area contributed by atoms with E-state index in [9.17, 15) is 18.0 Å². The van der Waals surface area contributed by atoms with Gasteiger partial charge in [0.05, 0.1) is 11.1 Å². The molecule has 20 heavy (non-hydrogen) atoms. The molecule has 1 aromatic carbocycles. The fourth-order valence-corrected chi connectivity index (χ4v) is 2.45. The lowest BCUT2D eigenvalue weighted by molar-refractivity contribution is -0.137. The van der Waals surface area contributed by atoms with Crippen LogP contribution in [0.5, 0.6) is 0 Å². The first-order valence-electron chi connectivity index (χ1n) is 6.58. The molecule has 1 saturated heterocycles. The van der Waals surface area contributed by atoms with Gasteiger partial charge < -0.3 is 10.6 Å². The minimum absolute atomic E-state index is 0.0833. The molecule has 1 aromatic rings. The van der Waals surface area contributed by atoms with Crippen molar-refractivity contribution in [1.29, 1.82) is 0 Å². The van der Waals surface area contributed by atoms with Crippen LogP contribution in [0.2, 0.25) is 0 Å². The molecule has 2 unspecified atom stereocenters. The Balaban J connectivity index is 2.13. The number of halogens is 3. The molecule has 1 fully saturated rings. The summed E-state index contributed by atoms with van der Waals surface area (Å²) in [6.07, 6.45) is -3.07. The third-order valence-corrected chi connectivity index (χ3v) is 3.44. The van der Waals surface area contributed by atoms with Crippen LogP contribution in [0.25, 0.3) is 0 Å². The van der Waals surface area contributed by atoms with Crippen molar-refractivity contribution in [2.75, 3.05) is 6.54 Å². The van der Waals surface area contributed by atoms with E-state index in [4.69, 9.17) is 0 Å². The van der Waals surface area contributed by atoms with E-state index in [2.05, 4.69) is 10.6 Å². The van der Waals surface area contributed by atoms with Gasteiger partial charge in [-0.2, -0.15) is 13.2 Å². The van der Waals surface area contributed by atoms with Crippen LogP contribution in [0, 0.1) is 0 Å². The molecule has 6 heteroatoms. The van der Waals surface area contributed by atoms with E-state index < -0.39 is 17.6 Å². The van der Waals surface area contributed by atoms with Crippen molar-refractivity contribution >= 4 is 5.91 Å². The van der Waals surface area contributed by atoms with Gasteiger partial charge in [-0.1, -0.05) is 12.1 Å². The molecular formula is C14H17F3N2O. The zero-order valence-electron chi connectivity index (χ0n) is 11.1. The second-order valence-corrected chi connectivity index (χ2v) is 5.09. The van der Waals surface area contributed by atoms with E-state index >= 15 is 0 Å². The first-order chi connectivity index (χ1) is 9.38. The van der Waals surface area contributed by atoms with E-state index in [1.54, 1.807) is 0 Å². The molecule has 2 rings (SSSR count). The molecule has 0 aromatic heterocycles. The SMILES string of the molecule is CC1CC(NC(=O)c2ccccc2C(F)(F)F)CCN1. The zero-order chi connectivity index (χ0) is 14.8. The first kappa shape index (κ1) is 14.8. The maximum absolute atomic E-state index is 12.9. The normalized spacial score (nSPS) is 23.4. The Morgan fingerprint density at radius 2 is 2.05 bits per heavy atom. The number of carbonyl (C=O) groups is 1. The Labute approximate surface area is 115 Å². The van der Waals surface area contributed by atoms with Gasteiger partial charge in [-0.25, -0.2) is 0 Å². The predicted octanol–water partition coefficient (Wildman–Crippen LogP) is 2.58. The zero-order valence-corrected chi connectivity index (χ0v) is 11.1. The molecule has 2 N–H and O–H groups in total. The average Bonchev–Trinajstić information content (AvgIpc) is 2.37. The molecule has 1 amide bonds. The van der Waals surface area contributed by atoms with Crippen molar-refractivity contribution in [3.63, 3.8) is 0 Å². The standard InChI is InChI=1S/C14H17F3N2O/c1-9-8-10(6-7-18-9)19-13(20)11-4-2-3-5-12(11)14(15,16)17/h2-5,9-10,18H,6-8H2,1H3,(H,19,20). The molecule has 0 bridgehead atoms. The fourth-order valence-electron chi connectivity index (χ4n) is 2.45. The topological polar surface area (TPSA) is 41.1 Å². The smallest absolute Gasteiger partial charge is 0.349 e. The van der Waals surface area contributed by atoms with Crippen LogP contribution in [0.4, 0.5) is 13.2 Å². The fraction of sp³-hybridized carbons (Fsp3) is 0.500. The highest BCUT2D eigenvalue weighted by molar-refractivity contribution is 5.96. The van der Waals surface area contributed by atoms with Gasteiger partial charge in [0.2, 0.25) is 0 Å². The van der Waals surface area contributed by atoms with Gasteiger partial charge in [-0.15, -0.1) is 0 Å². The lowest BCUT2D eigenvalue weighted by atomic mass is 9.99. The monoisotopic (exact) mass is 286 g/mol. The Morgan fingerprint density at radius 1 is 1.35 bits per heavy atom. The highest BCUT2D eigenvalue weighted by Crippen LogP contribution is 2.31. The van der Waals surface area contributed by atoms with Gasteiger partial charge in [0.25, 0.3) is 5.91 Å². The van der Waals surface area contributed by atoms with Crippen molar-refractivity contribution in [3.05, 3.63) is 35.4 Å². The third kappa shape index (κ3) is 3.50. The lowest BCUT2D eigenvalue weighted by Gasteiger charge is -2.29. The minimum Gasteiger partial charge on any atom is -0.349 e. The molecular weight excluding hydrogens is 269 g/mol. The third-order valence-electron chi connectivity index (χ3n) is 3.44. The largest absolute Gasteiger partial charge is 0.417 e. The van der Waals surface area contributed by atoms with Gasteiger partial charge in [-0.05, 0) is 38.4 Å². The number of amides is 1. The summed E-state index contributed by atoms with van der Waals surface area (Å²) in [5.41, 5.74) is -1.20. The first-order valence-corrected chi connectivity index (χ1v) is 6.58. The minimum atomic E-state index is -4.52. The molecule has 0 spiro atoms. The second kappa shape index (κ2) is 5.83. The van der Waals surface area contributed by atoms with Crippen LogP contribution >= 0.6 is 0 Å². The summed E-state index contributed by atoms with van der Waals surface area (Å²) in [6, 6.07) is 5.04. The second-order valence-electron chi connectivity index (χ2n) is 5.09. The number of piperidine rings is 1. The van der Waals surface area contributed by atoms with E-state index in [1.165, 1.54) is 18.2 Å². The van der Waals surface area contributed by atoms with Crippen molar-refractivity contribution < 1.29 is 18.0 Å². The highest BCUT2D eigenvalue weighted by Gasteiger charge is 2.35. The van der Waals surface area contributed by atoms with Gasteiger partial charge >= 0.3 is 6.18 Å². The van der Waals surface area contributed by atoms with Gasteiger partial charge in [0.15, 0.2) is 0 Å². The molecule has 0 aliphatic carbocycles. The van der Waals surface area contributed by atoms with E-state index in [-0.39, 0.29) is 17.6 Å². The number of benzene rings is 1. The summed E-state index contributed by atoms with van der Waals surface area (Å²) in [7, 11) is 0. The summed E-state index contributed by atoms with van der Waals surface area (Å²) in [5, 5.41) is 5.93. The molecule has 1 aliphatic rings. The molecule has 2 atom stereocenters. The average molecular weight is 286 g/mol. The van der Waals surface area contributed by atoms with E-state index in [0.717, 1.165) is 25.5 Å². The molecule has 1 heterocycles. The van der Waals surface area contributed by atoms with Crippen molar-refractivity contribution in [1.82, 2.24) is 10.6 Å². The van der Waals surface area contributed by atoms with Crippen LogP contribution in [0.3, 0.4) is 0 Å². The summed E-state index contributed by atoms with van der Waals surface area (Å²) >= 11 is 0. The summed E-state index contributed by atoms with van der Waals surface area (Å²) in [5.74, 6) is -0.656. The number of rotatable bonds is 2. The highest BCUT2D eigenvalue weighted by atomic mass is 19.4. The Hall–Kier alpha value is -1.56. The van der Waals surface area contributed by atoms with Crippen molar-refractivity contribution in [2.45, 2.75) is 38.0 Å². The quantitative estimate of drug-likeness (QED) is 0.877. The lowest BCUT2D eigenvalue weighted by Crippen LogP contribution is -2.46. The van der Waals surface area contributed by atoms with Crippen molar-refractivity contribution in [2.24, 2.45) is 0 Å². The number of hydrogen-bond acceptors (Lipinski definition) is 2. The maximum atomic E-state index is 12.9. The number of nitrogens with one attached hydrogen (secondary N) is 2. The Kier molecular flexibility index (Phi) is 4.32. The molecule has 0 saturated carbocycles. The molecule has 3 nitrogen and oxygen atoms in total. The van der Waals surface area contributed by atoms with Gasteiger partial charge in [0, 0.05) is 12.1 Å². The van der Waals surface area contributed by atoms with E-state index in [1.807, 2.05) is 6.92 Å². The van der Waals surface area contributed by atoms with Gasteiger partial charge in [-0.3, -0.25) is 4.79 Å². The summed E-state index contributed by atoms with van der Waals surface area (Å²) < 4.78 is 38.6.